The molecular formula is C17H26N2O4S. The first-order chi connectivity index (χ1) is 11.6. The molecule has 1 saturated carbocycles. The van der Waals surface area contributed by atoms with Crippen LogP contribution in [0, 0.1) is 0 Å². The summed E-state index contributed by atoms with van der Waals surface area (Å²) in [6.07, 6.45) is 9.42. The number of nitrogens with one attached hydrogen (secondary N) is 1. The number of piperidine rings is 1. The van der Waals surface area contributed by atoms with Gasteiger partial charge in [0.05, 0.1) is 0 Å². The molecule has 1 aromatic heterocycles. The number of amides is 1. The van der Waals surface area contributed by atoms with Crippen LogP contribution in [0.1, 0.15) is 68.3 Å². The third kappa shape index (κ3) is 4.00. The van der Waals surface area contributed by atoms with E-state index in [-0.39, 0.29) is 22.8 Å². The standard InChI is InChI=1S/C17H26N2O4S/c20-17(18-14-8-4-1-2-5-9-14)15-10-11-16(23-15)24(21,22)19-12-6-3-7-13-19/h10-11,14H,1-9,12-13H2,(H,18,20). The van der Waals surface area contributed by atoms with Gasteiger partial charge in [-0.3, -0.25) is 4.79 Å². The average molecular weight is 354 g/mol. The van der Waals surface area contributed by atoms with Crippen LogP contribution in [-0.2, 0) is 10.0 Å². The smallest absolute Gasteiger partial charge is 0.287 e. The molecule has 1 amide bonds. The second kappa shape index (κ2) is 7.70. The van der Waals surface area contributed by atoms with Crippen LogP contribution in [0.2, 0.25) is 0 Å². The van der Waals surface area contributed by atoms with Crippen molar-refractivity contribution < 1.29 is 17.6 Å². The van der Waals surface area contributed by atoms with E-state index >= 15 is 0 Å². The van der Waals surface area contributed by atoms with Gasteiger partial charge in [-0.15, -0.1) is 0 Å². The lowest BCUT2D eigenvalue weighted by atomic mass is 10.1. The fraction of sp³-hybridized carbons (Fsp3) is 0.706. The van der Waals surface area contributed by atoms with Gasteiger partial charge in [0.15, 0.2) is 5.76 Å². The van der Waals surface area contributed by atoms with Gasteiger partial charge in [-0.25, -0.2) is 8.42 Å². The Morgan fingerprint density at radius 3 is 2.29 bits per heavy atom. The maximum atomic E-state index is 12.6. The lowest BCUT2D eigenvalue weighted by Gasteiger charge is -2.24. The van der Waals surface area contributed by atoms with Crippen molar-refractivity contribution in [3.05, 3.63) is 17.9 Å². The summed E-state index contributed by atoms with van der Waals surface area (Å²) >= 11 is 0. The fourth-order valence-corrected chi connectivity index (χ4v) is 4.92. The summed E-state index contributed by atoms with van der Waals surface area (Å²) in [6.45, 7) is 1.04. The highest BCUT2D eigenvalue weighted by Crippen LogP contribution is 2.23. The number of nitrogens with zero attached hydrogens (tertiary/aromatic N) is 1. The monoisotopic (exact) mass is 354 g/mol. The molecular weight excluding hydrogens is 328 g/mol. The first-order valence-electron chi connectivity index (χ1n) is 8.98. The van der Waals surface area contributed by atoms with Gasteiger partial charge in [0.2, 0.25) is 5.09 Å². The SMILES string of the molecule is O=C(NC1CCCCCC1)c1ccc(S(=O)(=O)N2CCCCC2)o1. The molecule has 0 radical (unpaired) electrons. The zero-order chi connectivity index (χ0) is 17.0. The maximum absolute atomic E-state index is 12.6. The van der Waals surface area contributed by atoms with Gasteiger partial charge in [0, 0.05) is 19.1 Å². The van der Waals surface area contributed by atoms with Crippen LogP contribution in [0.4, 0.5) is 0 Å². The molecule has 3 rings (SSSR count). The third-order valence-corrected chi connectivity index (χ3v) is 6.68. The lowest BCUT2D eigenvalue weighted by Crippen LogP contribution is -2.35. The van der Waals surface area contributed by atoms with E-state index in [1.165, 1.54) is 29.3 Å². The Kier molecular flexibility index (Phi) is 5.61. The van der Waals surface area contributed by atoms with Crippen LogP contribution in [-0.4, -0.2) is 37.8 Å². The Morgan fingerprint density at radius 1 is 1.00 bits per heavy atom. The van der Waals surface area contributed by atoms with E-state index < -0.39 is 10.0 Å². The first-order valence-corrected chi connectivity index (χ1v) is 10.4. The number of hydrogen-bond acceptors (Lipinski definition) is 4. The molecule has 1 aromatic rings. The van der Waals surface area contributed by atoms with Crippen molar-refractivity contribution in [2.45, 2.75) is 68.9 Å². The Morgan fingerprint density at radius 2 is 1.62 bits per heavy atom. The summed E-state index contributed by atoms with van der Waals surface area (Å²) in [6, 6.07) is 3.02. The van der Waals surface area contributed by atoms with Crippen LogP contribution in [0.25, 0.3) is 0 Å². The van der Waals surface area contributed by atoms with Gasteiger partial charge in [0.25, 0.3) is 15.9 Å². The first kappa shape index (κ1) is 17.5. The molecule has 2 fully saturated rings. The third-order valence-electron chi connectivity index (χ3n) is 4.90. The van der Waals surface area contributed by atoms with Crippen molar-refractivity contribution in [2.75, 3.05) is 13.1 Å². The van der Waals surface area contributed by atoms with E-state index in [1.807, 2.05) is 0 Å². The molecule has 0 bridgehead atoms. The number of hydrogen-bond donors (Lipinski definition) is 1. The summed E-state index contributed by atoms with van der Waals surface area (Å²) < 4.78 is 32.0. The minimum atomic E-state index is -3.63. The minimum Gasteiger partial charge on any atom is -0.438 e. The molecule has 2 heterocycles. The molecule has 0 spiro atoms. The minimum absolute atomic E-state index is 0.0785. The van der Waals surface area contributed by atoms with Gasteiger partial charge in [-0.05, 0) is 37.8 Å². The molecule has 7 heteroatoms. The van der Waals surface area contributed by atoms with Crippen molar-refractivity contribution in [2.24, 2.45) is 0 Å². The highest BCUT2D eigenvalue weighted by molar-refractivity contribution is 7.89. The number of furan rings is 1. The summed E-state index contributed by atoms with van der Waals surface area (Å²) in [5.41, 5.74) is 0. The Labute approximate surface area is 143 Å². The van der Waals surface area contributed by atoms with Crippen molar-refractivity contribution in [3.63, 3.8) is 0 Å². The summed E-state index contributed by atoms with van der Waals surface area (Å²) in [7, 11) is -3.63. The Balaban J connectivity index is 1.66. The highest BCUT2D eigenvalue weighted by Gasteiger charge is 2.30. The van der Waals surface area contributed by atoms with E-state index in [2.05, 4.69) is 5.32 Å². The van der Waals surface area contributed by atoms with Crippen LogP contribution < -0.4 is 5.32 Å². The zero-order valence-electron chi connectivity index (χ0n) is 14.0. The van der Waals surface area contributed by atoms with Crippen LogP contribution >= 0.6 is 0 Å². The zero-order valence-corrected chi connectivity index (χ0v) is 14.8. The van der Waals surface area contributed by atoms with Crippen LogP contribution in [0.3, 0.4) is 0 Å². The lowest BCUT2D eigenvalue weighted by molar-refractivity contribution is 0.0899. The van der Waals surface area contributed by atoms with Gasteiger partial charge >= 0.3 is 0 Å². The van der Waals surface area contributed by atoms with Crippen LogP contribution in [0.5, 0.6) is 0 Å². The number of carbonyl (C=O) groups excluding carboxylic acids is 1. The number of rotatable bonds is 4. The molecule has 0 unspecified atom stereocenters. The average Bonchev–Trinajstić information content (AvgIpc) is 2.97. The maximum Gasteiger partial charge on any atom is 0.287 e. The molecule has 1 N–H and O–H groups in total. The molecule has 1 saturated heterocycles. The molecule has 0 aromatic carbocycles. The van der Waals surface area contributed by atoms with Crippen molar-refractivity contribution >= 4 is 15.9 Å². The van der Waals surface area contributed by atoms with Crippen molar-refractivity contribution in [3.8, 4) is 0 Å². The molecule has 134 valence electrons. The predicted molar refractivity (Wildman–Crippen MR) is 90.3 cm³/mol. The topological polar surface area (TPSA) is 79.6 Å². The Hall–Kier alpha value is -1.34. The highest BCUT2D eigenvalue weighted by atomic mass is 32.2. The molecule has 1 aliphatic carbocycles. The van der Waals surface area contributed by atoms with E-state index in [4.69, 9.17) is 4.42 Å². The number of sulfonamides is 1. The van der Waals surface area contributed by atoms with E-state index in [0.29, 0.717) is 13.1 Å². The normalized spacial score (nSPS) is 21.3. The van der Waals surface area contributed by atoms with Crippen molar-refractivity contribution in [1.29, 1.82) is 0 Å². The van der Waals surface area contributed by atoms with Crippen LogP contribution in [0.15, 0.2) is 21.6 Å². The van der Waals surface area contributed by atoms with E-state index in [0.717, 1.165) is 44.9 Å². The second-order valence-electron chi connectivity index (χ2n) is 6.75. The molecule has 6 nitrogen and oxygen atoms in total. The van der Waals surface area contributed by atoms with E-state index in [9.17, 15) is 13.2 Å². The summed E-state index contributed by atoms with van der Waals surface area (Å²) in [5, 5.41) is 2.85. The largest absolute Gasteiger partial charge is 0.438 e. The Bertz CT molecular complexity index is 654. The second-order valence-corrected chi connectivity index (χ2v) is 8.61. The number of carbonyl (C=O) groups is 1. The summed E-state index contributed by atoms with van der Waals surface area (Å²) in [4.78, 5) is 12.3. The fourth-order valence-electron chi connectivity index (χ4n) is 3.49. The molecule has 24 heavy (non-hydrogen) atoms. The quantitative estimate of drug-likeness (QED) is 0.843. The van der Waals surface area contributed by atoms with Gasteiger partial charge in [-0.2, -0.15) is 4.31 Å². The molecule has 2 aliphatic rings. The van der Waals surface area contributed by atoms with E-state index in [1.54, 1.807) is 0 Å². The predicted octanol–water partition coefficient (Wildman–Crippen LogP) is 2.91. The van der Waals surface area contributed by atoms with Gasteiger partial charge < -0.3 is 9.73 Å². The molecule has 0 atom stereocenters. The summed E-state index contributed by atoms with van der Waals surface area (Å²) in [5.74, 6) is -0.239. The van der Waals surface area contributed by atoms with Gasteiger partial charge in [0.1, 0.15) is 0 Å². The van der Waals surface area contributed by atoms with Gasteiger partial charge in [-0.1, -0.05) is 32.1 Å². The molecule has 1 aliphatic heterocycles. The van der Waals surface area contributed by atoms with Crippen molar-refractivity contribution in [1.82, 2.24) is 9.62 Å².